The number of rotatable bonds is 1. The number of fused-ring (bicyclic) bond motifs is 5. The third kappa shape index (κ3) is 2.36. The van der Waals surface area contributed by atoms with E-state index in [4.69, 9.17) is 0 Å². The van der Waals surface area contributed by atoms with Crippen LogP contribution in [0.4, 0.5) is 4.39 Å². The Hall–Kier alpha value is -1.49. The summed E-state index contributed by atoms with van der Waals surface area (Å²) in [6.45, 7) is 9.10. The van der Waals surface area contributed by atoms with Crippen molar-refractivity contribution in [1.82, 2.24) is 0 Å². The van der Waals surface area contributed by atoms with Crippen LogP contribution in [0.3, 0.4) is 0 Å². The highest BCUT2D eigenvalue weighted by atomic mass is 32.2. The van der Waals surface area contributed by atoms with Crippen molar-refractivity contribution in [2.75, 3.05) is 0 Å². The first kappa shape index (κ1) is 18.9. The summed E-state index contributed by atoms with van der Waals surface area (Å²) in [5, 5.41) is -0.188. The fourth-order valence-electron chi connectivity index (χ4n) is 6.16. The van der Waals surface area contributed by atoms with E-state index in [1.54, 1.807) is 0 Å². The summed E-state index contributed by atoms with van der Waals surface area (Å²) in [5.74, 6) is 0.227. The summed E-state index contributed by atoms with van der Waals surface area (Å²) < 4.78 is 15.6. The zero-order valence-electron chi connectivity index (χ0n) is 16.0. The first-order chi connectivity index (χ1) is 12.6. The predicted octanol–water partition coefficient (Wildman–Crippen LogP) is 4.58. The van der Waals surface area contributed by atoms with E-state index in [0.717, 1.165) is 31.0 Å². The fraction of sp³-hybridized carbons (Fsp3) is 0.591. The maximum absolute atomic E-state index is 15.6. The minimum Gasteiger partial charge on any atom is -0.299 e. The van der Waals surface area contributed by atoms with Gasteiger partial charge in [-0.05, 0) is 54.4 Å². The van der Waals surface area contributed by atoms with E-state index in [0.29, 0.717) is 22.7 Å². The second-order valence-electron chi connectivity index (χ2n) is 8.90. The zero-order chi connectivity index (χ0) is 19.7. The number of carbonyl (C=O) groups excluding carboxylic acids is 3. The van der Waals surface area contributed by atoms with Crippen molar-refractivity contribution < 1.29 is 18.8 Å². The van der Waals surface area contributed by atoms with Crippen molar-refractivity contribution >= 4 is 28.4 Å². The van der Waals surface area contributed by atoms with E-state index in [9.17, 15) is 14.4 Å². The molecule has 144 valence electrons. The molecule has 0 aromatic rings. The number of ketones is 2. The molecule has 0 spiro atoms. The van der Waals surface area contributed by atoms with Gasteiger partial charge in [0.25, 0.3) is 0 Å². The largest absolute Gasteiger partial charge is 0.299 e. The van der Waals surface area contributed by atoms with Gasteiger partial charge in [-0.2, -0.15) is 0 Å². The van der Waals surface area contributed by atoms with Crippen LogP contribution in [0.15, 0.2) is 34.8 Å². The van der Waals surface area contributed by atoms with Crippen LogP contribution >= 0.6 is 11.8 Å². The van der Waals surface area contributed by atoms with Gasteiger partial charge < -0.3 is 0 Å². The molecule has 2 fully saturated rings. The highest BCUT2D eigenvalue weighted by molar-refractivity contribution is 8.17. The van der Waals surface area contributed by atoms with Crippen LogP contribution in [0, 0.1) is 28.6 Å². The van der Waals surface area contributed by atoms with E-state index in [1.165, 1.54) is 6.92 Å². The molecule has 6 atom stereocenters. The third-order valence-electron chi connectivity index (χ3n) is 7.70. The van der Waals surface area contributed by atoms with Crippen LogP contribution in [-0.4, -0.2) is 22.9 Å². The Labute approximate surface area is 163 Å². The molecule has 4 aliphatic rings. The maximum Gasteiger partial charge on any atom is 0.198 e. The molecule has 3 nitrogen and oxygen atoms in total. The zero-order valence-corrected chi connectivity index (χ0v) is 16.8. The maximum atomic E-state index is 15.6. The molecular formula is C22H25FO3S. The number of Topliss-reactive ketones (excluding diaryl/α,β-unsaturated/α-hetero) is 2. The second-order valence-corrected chi connectivity index (χ2v) is 10.1. The molecule has 0 aromatic carbocycles. The van der Waals surface area contributed by atoms with Crippen molar-refractivity contribution in [2.45, 2.75) is 52.6 Å². The highest BCUT2D eigenvalue weighted by Crippen LogP contribution is 2.64. The molecule has 0 heterocycles. The summed E-state index contributed by atoms with van der Waals surface area (Å²) in [4.78, 5) is 37.2. The van der Waals surface area contributed by atoms with Crippen molar-refractivity contribution in [3.05, 3.63) is 34.8 Å². The number of allylic oxidation sites excluding steroid dienone is 5. The summed E-state index contributed by atoms with van der Waals surface area (Å²) in [6.07, 6.45) is 5.43. The van der Waals surface area contributed by atoms with E-state index in [-0.39, 0.29) is 33.9 Å². The van der Waals surface area contributed by atoms with Gasteiger partial charge in [0.15, 0.2) is 10.9 Å². The van der Waals surface area contributed by atoms with Crippen LogP contribution in [0.25, 0.3) is 0 Å². The van der Waals surface area contributed by atoms with Gasteiger partial charge in [0.1, 0.15) is 12.0 Å². The Bertz CT molecular complexity index is 840. The lowest BCUT2D eigenvalue weighted by atomic mass is 9.48. The Morgan fingerprint density at radius 2 is 1.96 bits per heavy atom. The molecular weight excluding hydrogens is 363 g/mol. The van der Waals surface area contributed by atoms with Crippen molar-refractivity contribution in [3.8, 4) is 0 Å². The van der Waals surface area contributed by atoms with Crippen molar-refractivity contribution in [3.63, 3.8) is 0 Å². The van der Waals surface area contributed by atoms with E-state index in [2.05, 4.69) is 19.6 Å². The molecule has 4 rings (SSSR count). The SMILES string of the molecule is C=C1C(=O)C(SC(C)=O)=C2C=C[C@@H]3[C@H](CC[C@]4(C)C(=O)CC[C@@H]34)[C@@]2(C)[C@@H]1F. The quantitative estimate of drug-likeness (QED) is 0.617. The van der Waals surface area contributed by atoms with Gasteiger partial charge in [-0.25, -0.2) is 4.39 Å². The average molecular weight is 389 g/mol. The summed E-state index contributed by atoms with van der Waals surface area (Å²) in [5.41, 5.74) is -0.598. The smallest absolute Gasteiger partial charge is 0.198 e. The molecule has 0 radical (unpaired) electrons. The van der Waals surface area contributed by atoms with Gasteiger partial charge in [0, 0.05) is 29.7 Å². The number of alkyl halides is 1. The first-order valence-corrected chi connectivity index (χ1v) is 10.5. The van der Waals surface area contributed by atoms with E-state index < -0.39 is 17.4 Å². The summed E-state index contributed by atoms with van der Waals surface area (Å²) >= 11 is 0.890. The lowest BCUT2D eigenvalue weighted by Gasteiger charge is -2.55. The molecule has 2 saturated carbocycles. The Balaban J connectivity index is 1.87. The summed E-state index contributed by atoms with van der Waals surface area (Å²) in [7, 11) is 0. The van der Waals surface area contributed by atoms with Gasteiger partial charge >= 0.3 is 0 Å². The monoisotopic (exact) mass is 388 g/mol. The van der Waals surface area contributed by atoms with Gasteiger partial charge in [0.2, 0.25) is 0 Å². The molecule has 0 unspecified atom stereocenters. The van der Waals surface area contributed by atoms with Crippen LogP contribution in [-0.2, 0) is 14.4 Å². The van der Waals surface area contributed by atoms with Gasteiger partial charge in [0.05, 0.1) is 4.91 Å². The topological polar surface area (TPSA) is 51.2 Å². The molecule has 0 aliphatic heterocycles. The number of carbonyl (C=O) groups is 3. The number of halogens is 1. The normalized spacial score (nSPS) is 43.5. The molecule has 27 heavy (non-hydrogen) atoms. The highest BCUT2D eigenvalue weighted by Gasteiger charge is 2.61. The van der Waals surface area contributed by atoms with Gasteiger partial charge in [-0.3, -0.25) is 14.4 Å². The Morgan fingerprint density at radius 3 is 2.63 bits per heavy atom. The second kappa shape index (κ2) is 6.00. The molecule has 0 aromatic heterocycles. The average Bonchev–Trinajstić information content (AvgIpc) is 2.92. The first-order valence-electron chi connectivity index (χ1n) is 9.64. The van der Waals surface area contributed by atoms with Crippen LogP contribution < -0.4 is 0 Å². The number of hydrogen-bond donors (Lipinski definition) is 0. The van der Waals surface area contributed by atoms with Crippen LogP contribution in [0.1, 0.15) is 46.5 Å². The Morgan fingerprint density at radius 1 is 1.26 bits per heavy atom. The minimum absolute atomic E-state index is 0.00360. The third-order valence-corrected chi connectivity index (χ3v) is 8.60. The number of thioether (sulfide) groups is 1. The van der Waals surface area contributed by atoms with Crippen LogP contribution in [0.5, 0.6) is 0 Å². The predicted molar refractivity (Wildman–Crippen MR) is 104 cm³/mol. The lowest BCUT2D eigenvalue weighted by Crippen LogP contribution is -2.53. The van der Waals surface area contributed by atoms with E-state index >= 15 is 4.39 Å². The van der Waals surface area contributed by atoms with Crippen molar-refractivity contribution in [2.24, 2.45) is 28.6 Å². The molecule has 5 heteroatoms. The Kier molecular flexibility index (Phi) is 4.19. The molecule has 0 N–H and O–H groups in total. The number of hydrogen-bond acceptors (Lipinski definition) is 4. The van der Waals surface area contributed by atoms with Gasteiger partial charge in [-0.1, -0.05) is 32.6 Å². The van der Waals surface area contributed by atoms with Gasteiger partial charge in [-0.15, -0.1) is 0 Å². The van der Waals surface area contributed by atoms with Crippen LogP contribution in [0.2, 0.25) is 0 Å². The minimum atomic E-state index is -1.46. The standard InChI is InChI=1S/C22H25FO3S/c1-11-18(26)19(27-12(2)24)16-6-5-13-14-7-8-17(25)21(14,3)10-9-15(13)22(16,4)20(11)23/h5-6,13-15,20H,1,7-10H2,2-4H3/t13-,14-,15-,20+,21-,22+/m0/s1. The molecule has 0 bridgehead atoms. The molecule has 0 amide bonds. The fourth-order valence-corrected chi connectivity index (χ4v) is 7.07. The summed E-state index contributed by atoms with van der Waals surface area (Å²) in [6, 6.07) is 0. The molecule has 4 aliphatic carbocycles. The molecule has 0 saturated heterocycles. The van der Waals surface area contributed by atoms with Crippen molar-refractivity contribution in [1.29, 1.82) is 0 Å². The lowest BCUT2D eigenvalue weighted by molar-refractivity contribution is -0.131. The van der Waals surface area contributed by atoms with E-state index in [1.807, 2.05) is 13.0 Å².